The summed E-state index contributed by atoms with van der Waals surface area (Å²) in [4.78, 5) is 2.89. The molecule has 1 fully saturated rings. The van der Waals surface area contributed by atoms with Gasteiger partial charge >= 0.3 is 0 Å². The zero-order chi connectivity index (χ0) is 18.9. The van der Waals surface area contributed by atoms with Gasteiger partial charge in [0.25, 0.3) is 0 Å². The first-order chi connectivity index (χ1) is 13.0. The molecule has 0 radical (unpaired) electrons. The third kappa shape index (κ3) is 4.04. The van der Waals surface area contributed by atoms with Gasteiger partial charge in [0.05, 0.1) is 10.6 Å². The first-order valence-corrected chi connectivity index (χ1v) is 11.5. The summed E-state index contributed by atoms with van der Waals surface area (Å²) < 4.78 is 25.1. The predicted molar refractivity (Wildman–Crippen MR) is 110 cm³/mol. The molecule has 0 aliphatic carbocycles. The van der Waals surface area contributed by atoms with Crippen molar-refractivity contribution in [2.45, 2.75) is 42.5 Å². The van der Waals surface area contributed by atoms with Crippen LogP contribution >= 0.6 is 0 Å². The maximum absolute atomic E-state index is 12.6. The molecule has 2 unspecified atom stereocenters. The van der Waals surface area contributed by atoms with Crippen molar-refractivity contribution in [3.63, 3.8) is 0 Å². The Labute approximate surface area is 162 Å². The molecule has 2 aromatic carbocycles. The average molecular weight is 385 g/mol. The summed E-state index contributed by atoms with van der Waals surface area (Å²) in [7, 11) is -1.01. The number of nitrogens with zero attached hydrogens (tertiary/aromatic N) is 1. The van der Waals surface area contributed by atoms with Crippen LogP contribution in [0, 0.1) is 0 Å². The Hall–Kier alpha value is -1.85. The quantitative estimate of drug-likeness (QED) is 0.825. The summed E-state index contributed by atoms with van der Waals surface area (Å²) in [6, 6.07) is 15.8. The van der Waals surface area contributed by atoms with Crippen LogP contribution in [-0.2, 0) is 16.3 Å². The number of likely N-dealkylation sites (tertiary alicyclic amines) is 1. The predicted octanol–water partition coefficient (Wildman–Crippen LogP) is 3.70. The van der Waals surface area contributed by atoms with Crippen LogP contribution in [0.2, 0.25) is 0 Å². The lowest BCUT2D eigenvalue weighted by Crippen LogP contribution is -2.27. The first kappa shape index (κ1) is 18.5. The Balaban J connectivity index is 1.46. The minimum Gasteiger partial charge on any atom is -0.384 e. The molecule has 0 spiro atoms. The minimum absolute atomic E-state index is 0.152. The molecule has 0 saturated carbocycles. The zero-order valence-corrected chi connectivity index (χ0v) is 16.7. The maximum atomic E-state index is 12.6. The molecule has 0 aromatic heterocycles. The van der Waals surface area contributed by atoms with Gasteiger partial charge in [0.1, 0.15) is 0 Å². The molecule has 1 N–H and O–H groups in total. The van der Waals surface area contributed by atoms with Crippen LogP contribution in [-0.4, -0.2) is 45.2 Å². The highest BCUT2D eigenvalue weighted by Gasteiger charge is 2.29. The number of rotatable bonds is 6. The van der Waals surface area contributed by atoms with Gasteiger partial charge in [-0.3, -0.25) is 0 Å². The fourth-order valence-electron chi connectivity index (χ4n) is 4.42. The lowest BCUT2D eigenvalue weighted by Gasteiger charge is -2.23. The lowest BCUT2D eigenvalue weighted by atomic mass is 9.91. The Kier molecular flexibility index (Phi) is 5.24. The van der Waals surface area contributed by atoms with Crippen molar-refractivity contribution in [3.05, 3.63) is 59.7 Å². The normalized spacial score (nSPS) is 22.6. The molecular weight excluding hydrogens is 356 g/mol. The van der Waals surface area contributed by atoms with E-state index in [0.29, 0.717) is 23.3 Å². The Morgan fingerprint density at radius 3 is 2.70 bits per heavy atom. The zero-order valence-electron chi connectivity index (χ0n) is 15.9. The van der Waals surface area contributed by atoms with Gasteiger partial charge in [-0.2, -0.15) is 0 Å². The highest BCUT2D eigenvalue weighted by atomic mass is 32.2. The molecule has 4 nitrogen and oxygen atoms in total. The van der Waals surface area contributed by atoms with Crippen LogP contribution in [0.1, 0.15) is 36.3 Å². The van der Waals surface area contributed by atoms with E-state index < -0.39 is 9.84 Å². The molecule has 2 heterocycles. The second-order valence-electron chi connectivity index (χ2n) is 7.89. The second kappa shape index (κ2) is 7.64. The number of fused-ring (bicyclic) bond motifs is 1. The van der Waals surface area contributed by atoms with Gasteiger partial charge < -0.3 is 10.2 Å². The molecule has 2 aliphatic heterocycles. The van der Waals surface area contributed by atoms with Crippen LogP contribution < -0.4 is 5.32 Å². The third-order valence-corrected chi connectivity index (χ3v) is 7.82. The van der Waals surface area contributed by atoms with Gasteiger partial charge in [0.15, 0.2) is 9.84 Å². The van der Waals surface area contributed by atoms with Crippen molar-refractivity contribution in [2.75, 3.05) is 31.2 Å². The fourth-order valence-corrected chi connectivity index (χ4v) is 5.74. The number of nitrogens with one attached hydrogen (secondary N) is 1. The van der Waals surface area contributed by atoms with Crippen LogP contribution in [0.5, 0.6) is 0 Å². The number of anilines is 1. The molecule has 2 atom stereocenters. The number of aryl methyl sites for hydroxylation is 1. The summed E-state index contributed by atoms with van der Waals surface area (Å²) >= 11 is 0. The van der Waals surface area contributed by atoms with Gasteiger partial charge in [-0.05, 0) is 68.6 Å². The molecule has 0 amide bonds. The SMILES string of the molecule is CN1CCCC1CC1CNc2ccc(CCS(=O)(=O)c3ccccc3)cc21. The number of hydrogen-bond acceptors (Lipinski definition) is 4. The Morgan fingerprint density at radius 2 is 1.96 bits per heavy atom. The average Bonchev–Trinajstić information content (AvgIpc) is 3.27. The topological polar surface area (TPSA) is 49.4 Å². The van der Waals surface area contributed by atoms with Crippen LogP contribution in [0.15, 0.2) is 53.4 Å². The van der Waals surface area contributed by atoms with E-state index in [1.54, 1.807) is 24.3 Å². The molecule has 2 aromatic rings. The van der Waals surface area contributed by atoms with Crippen molar-refractivity contribution in [3.8, 4) is 0 Å². The minimum atomic E-state index is -3.23. The molecule has 27 heavy (non-hydrogen) atoms. The van der Waals surface area contributed by atoms with E-state index in [1.165, 1.54) is 37.1 Å². The lowest BCUT2D eigenvalue weighted by molar-refractivity contribution is 0.285. The van der Waals surface area contributed by atoms with Crippen molar-refractivity contribution in [1.29, 1.82) is 0 Å². The van der Waals surface area contributed by atoms with E-state index in [4.69, 9.17) is 0 Å². The van der Waals surface area contributed by atoms with Crippen LogP contribution in [0.25, 0.3) is 0 Å². The van der Waals surface area contributed by atoms with Crippen molar-refractivity contribution < 1.29 is 8.42 Å². The third-order valence-electron chi connectivity index (χ3n) is 6.08. The summed E-state index contributed by atoms with van der Waals surface area (Å²) in [5.41, 5.74) is 3.70. The van der Waals surface area contributed by atoms with E-state index in [2.05, 4.69) is 35.5 Å². The van der Waals surface area contributed by atoms with Gasteiger partial charge in [0, 0.05) is 24.2 Å². The first-order valence-electron chi connectivity index (χ1n) is 9.88. The molecule has 2 aliphatic rings. The van der Waals surface area contributed by atoms with Gasteiger partial charge in [-0.1, -0.05) is 30.3 Å². The van der Waals surface area contributed by atoms with Crippen molar-refractivity contribution >= 4 is 15.5 Å². The standard InChI is InChI=1S/C22H28N2O2S/c1-24-12-5-6-19(24)15-18-16-23-22-10-9-17(14-21(18)22)11-13-27(25,26)20-7-3-2-4-8-20/h2-4,7-10,14,18-19,23H,5-6,11-13,15-16H2,1H3. The summed E-state index contributed by atoms with van der Waals surface area (Å²) in [6.07, 6.45) is 4.33. The Morgan fingerprint density at radius 1 is 1.15 bits per heavy atom. The molecule has 5 heteroatoms. The summed E-state index contributed by atoms with van der Waals surface area (Å²) in [5, 5.41) is 3.53. The number of sulfone groups is 1. The van der Waals surface area contributed by atoms with Gasteiger partial charge in [0.2, 0.25) is 0 Å². The summed E-state index contributed by atoms with van der Waals surface area (Å²) in [5.74, 6) is 0.676. The summed E-state index contributed by atoms with van der Waals surface area (Å²) in [6.45, 7) is 2.19. The number of hydrogen-bond donors (Lipinski definition) is 1. The molecular formula is C22H28N2O2S. The molecule has 4 rings (SSSR count). The monoisotopic (exact) mass is 384 g/mol. The maximum Gasteiger partial charge on any atom is 0.178 e. The van der Waals surface area contributed by atoms with E-state index >= 15 is 0 Å². The highest BCUT2D eigenvalue weighted by molar-refractivity contribution is 7.91. The largest absolute Gasteiger partial charge is 0.384 e. The van der Waals surface area contributed by atoms with Crippen molar-refractivity contribution in [2.24, 2.45) is 0 Å². The van der Waals surface area contributed by atoms with E-state index in [-0.39, 0.29) is 5.75 Å². The Bertz CT molecular complexity index is 896. The second-order valence-corrected chi connectivity index (χ2v) is 10.0. The van der Waals surface area contributed by atoms with Crippen LogP contribution in [0.3, 0.4) is 0 Å². The number of benzene rings is 2. The fraction of sp³-hybridized carbons (Fsp3) is 0.455. The van der Waals surface area contributed by atoms with E-state index in [9.17, 15) is 8.42 Å². The van der Waals surface area contributed by atoms with E-state index in [0.717, 1.165) is 12.1 Å². The van der Waals surface area contributed by atoms with Crippen LogP contribution in [0.4, 0.5) is 5.69 Å². The molecule has 0 bridgehead atoms. The van der Waals surface area contributed by atoms with Gasteiger partial charge in [-0.25, -0.2) is 8.42 Å². The van der Waals surface area contributed by atoms with Gasteiger partial charge in [-0.15, -0.1) is 0 Å². The molecule has 144 valence electrons. The highest BCUT2D eigenvalue weighted by Crippen LogP contribution is 2.37. The van der Waals surface area contributed by atoms with Crippen molar-refractivity contribution in [1.82, 2.24) is 4.90 Å². The van der Waals surface area contributed by atoms with E-state index in [1.807, 2.05) is 6.07 Å². The smallest absolute Gasteiger partial charge is 0.178 e. The molecule has 1 saturated heterocycles.